The lowest BCUT2D eigenvalue weighted by Gasteiger charge is -2.24. The number of carbonyl (C=O) groups excluding carboxylic acids is 1. The highest BCUT2D eigenvalue weighted by Crippen LogP contribution is 2.26. The van der Waals surface area contributed by atoms with Crippen molar-refractivity contribution in [1.29, 1.82) is 0 Å². The van der Waals surface area contributed by atoms with Crippen LogP contribution in [0.1, 0.15) is 30.5 Å². The number of anilines is 1. The molecule has 0 saturated carbocycles. The van der Waals surface area contributed by atoms with Crippen LogP contribution in [0.15, 0.2) is 48.5 Å². The topological polar surface area (TPSA) is 43.1 Å². The molecule has 0 fully saturated rings. The molecular formula is C18H21NO. The Balaban J connectivity index is 2.18. The van der Waals surface area contributed by atoms with Crippen LogP contribution in [0, 0.1) is 6.92 Å². The number of aryl methyl sites for hydroxylation is 1. The average Bonchev–Trinajstić information content (AvgIpc) is 2.42. The molecule has 2 rings (SSSR count). The maximum atomic E-state index is 12.6. The van der Waals surface area contributed by atoms with Crippen LogP contribution in [0.25, 0.3) is 0 Å². The van der Waals surface area contributed by atoms with Crippen molar-refractivity contribution >= 4 is 11.5 Å². The molecule has 104 valence electrons. The quantitative estimate of drug-likeness (QED) is 0.859. The van der Waals surface area contributed by atoms with E-state index >= 15 is 0 Å². The minimum Gasteiger partial charge on any atom is -0.399 e. The first kappa shape index (κ1) is 14.3. The number of hydrogen-bond donors (Lipinski definition) is 1. The Hall–Kier alpha value is -2.09. The van der Waals surface area contributed by atoms with E-state index < -0.39 is 5.41 Å². The molecule has 0 unspecified atom stereocenters. The summed E-state index contributed by atoms with van der Waals surface area (Å²) in [6.07, 6.45) is 0.456. The van der Waals surface area contributed by atoms with Gasteiger partial charge < -0.3 is 5.73 Å². The molecule has 2 heteroatoms. The van der Waals surface area contributed by atoms with E-state index in [4.69, 9.17) is 5.73 Å². The van der Waals surface area contributed by atoms with E-state index in [9.17, 15) is 4.79 Å². The fourth-order valence-corrected chi connectivity index (χ4v) is 2.17. The Morgan fingerprint density at radius 3 is 2.10 bits per heavy atom. The molecule has 2 N–H and O–H groups in total. The molecule has 0 spiro atoms. The molecule has 0 saturated heterocycles. The molecule has 2 aromatic rings. The maximum Gasteiger partial charge on any atom is 0.147 e. The van der Waals surface area contributed by atoms with Gasteiger partial charge in [0.15, 0.2) is 0 Å². The number of hydrogen-bond acceptors (Lipinski definition) is 2. The van der Waals surface area contributed by atoms with Crippen molar-refractivity contribution in [2.75, 3.05) is 5.73 Å². The monoisotopic (exact) mass is 267 g/mol. The van der Waals surface area contributed by atoms with Crippen LogP contribution >= 0.6 is 0 Å². The van der Waals surface area contributed by atoms with Crippen molar-refractivity contribution in [2.24, 2.45) is 0 Å². The molecule has 20 heavy (non-hydrogen) atoms. The number of nitrogen functional groups attached to an aromatic ring is 1. The summed E-state index contributed by atoms with van der Waals surface area (Å²) in [4.78, 5) is 12.6. The molecule has 2 aromatic carbocycles. The zero-order chi connectivity index (χ0) is 14.8. The van der Waals surface area contributed by atoms with Crippen molar-refractivity contribution in [3.8, 4) is 0 Å². The number of rotatable bonds is 4. The summed E-state index contributed by atoms with van der Waals surface area (Å²) in [6, 6.07) is 15.7. The van der Waals surface area contributed by atoms with E-state index in [0.29, 0.717) is 6.42 Å². The molecule has 0 aliphatic rings. The summed E-state index contributed by atoms with van der Waals surface area (Å²) in [7, 11) is 0. The third-order valence-electron chi connectivity index (χ3n) is 3.81. The molecule has 0 heterocycles. The second-order valence-corrected chi connectivity index (χ2v) is 5.83. The Morgan fingerprint density at radius 1 is 1.00 bits per heavy atom. The second kappa shape index (κ2) is 5.49. The van der Waals surface area contributed by atoms with Crippen LogP contribution in [-0.2, 0) is 16.6 Å². The Kier molecular flexibility index (Phi) is 3.93. The zero-order valence-electron chi connectivity index (χ0n) is 12.3. The minimum absolute atomic E-state index is 0.214. The zero-order valence-corrected chi connectivity index (χ0v) is 12.3. The van der Waals surface area contributed by atoms with Gasteiger partial charge in [0.25, 0.3) is 0 Å². The normalized spacial score (nSPS) is 11.3. The van der Waals surface area contributed by atoms with Gasteiger partial charge in [-0.3, -0.25) is 4.79 Å². The number of benzene rings is 2. The van der Waals surface area contributed by atoms with E-state index in [1.807, 2.05) is 69.3 Å². The van der Waals surface area contributed by atoms with E-state index in [1.165, 1.54) is 5.56 Å². The maximum absolute atomic E-state index is 12.6. The Bertz CT molecular complexity index is 594. The average molecular weight is 267 g/mol. The van der Waals surface area contributed by atoms with Crippen LogP contribution in [0.2, 0.25) is 0 Å². The van der Waals surface area contributed by atoms with Gasteiger partial charge in [-0.2, -0.15) is 0 Å². The smallest absolute Gasteiger partial charge is 0.147 e. The van der Waals surface area contributed by atoms with E-state index in [1.54, 1.807) is 0 Å². The molecule has 0 radical (unpaired) electrons. The SMILES string of the molecule is Cc1ccc(CC(=O)C(C)(C)c2ccc(N)cc2)cc1. The predicted molar refractivity (Wildman–Crippen MR) is 83.8 cm³/mol. The van der Waals surface area contributed by atoms with Crippen molar-refractivity contribution in [1.82, 2.24) is 0 Å². The Morgan fingerprint density at radius 2 is 1.55 bits per heavy atom. The summed E-state index contributed by atoms with van der Waals surface area (Å²) >= 11 is 0. The fourth-order valence-electron chi connectivity index (χ4n) is 2.17. The third-order valence-corrected chi connectivity index (χ3v) is 3.81. The first-order valence-corrected chi connectivity index (χ1v) is 6.84. The van der Waals surface area contributed by atoms with E-state index in [0.717, 1.165) is 16.8 Å². The van der Waals surface area contributed by atoms with Crippen molar-refractivity contribution < 1.29 is 4.79 Å². The van der Waals surface area contributed by atoms with Gasteiger partial charge in [-0.1, -0.05) is 42.0 Å². The van der Waals surface area contributed by atoms with Gasteiger partial charge in [-0.15, -0.1) is 0 Å². The highest BCUT2D eigenvalue weighted by Gasteiger charge is 2.29. The molecule has 0 aliphatic carbocycles. The summed E-state index contributed by atoms with van der Waals surface area (Å²) in [6.45, 7) is 5.98. The predicted octanol–water partition coefficient (Wildman–Crippen LogP) is 3.67. The Labute approximate surface area is 120 Å². The molecule has 0 bridgehead atoms. The van der Waals surface area contributed by atoms with Gasteiger partial charge in [0.1, 0.15) is 5.78 Å². The molecule has 0 aromatic heterocycles. The van der Waals surface area contributed by atoms with Gasteiger partial charge in [-0.05, 0) is 44.0 Å². The molecule has 0 aliphatic heterocycles. The summed E-state index contributed by atoms with van der Waals surface area (Å²) in [5.74, 6) is 0.214. The first-order valence-electron chi connectivity index (χ1n) is 6.84. The molecule has 0 amide bonds. The van der Waals surface area contributed by atoms with Gasteiger partial charge in [0.2, 0.25) is 0 Å². The summed E-state index contributed by atoms with van der Waals surface area (Å²) in [5.41, 5.74) is 9.19. The van der Waals surface area contributed by atoms with Crippen LogP contribution in [0.4, 0.5) is 5.69 Å². The summed E-state index contributed by atoms with van der Waals surface area (Å²) in [5, 5.41) is 0. The molecular weight excluding hydrogens is 246 g/mol. The van der Waals surface area contributed by atoms with Crippen molar-refractivity contribution in [3.63, 3.8) is 0 Å². The number of carbonyl (C=O) groups is 1. The van der Waals surface area contributed by atoms with E-state index in [-0.39, 0.29) is 5.78 Å². The summed E-state index contributed by atoms with van der Waals surface area (Å²) < 4.78 is 0. The first-order chi connectivity index (χ1) is 9.39. The van der Waals surface area contributed by atoms with Gasteiger partial charge in [-0.25, -0.2) is 0 Å². The van der Waals surface area contributed by atoms with Crippen LogP contribution in [0.3, 0.4) is 0 Å². The third kappa shape index (κ3) is 3.08. The standard InChI is InChI=1S/C18H21NO/c1-13-4-6-14(7-5-13)12-17(20)18(2,3)15-8-10-16(19)11-9-15/h4-11H,12,19H2,1-3H3. The highest BCUT2D eigenvalue weighted by molar-refractivity contribution is 5.91. The van der Waals surface area contributed by atoms with Gasteiger partial charge in [0, 0.05) is 17.5 Å². The van der Waals surface area contributed by atoms with Gasteiger partial charge in [0.05, 0.1) is 0 Å². The molecule has 0 atom stereocenters. The minimum atomic E-state index is -0.501. The number of Topliss-reactive ketones (excluding diaryl/α,β-unsaturated/α-hetero) is 1. The largest absolute Gasteiger partial charge is 0.399 e. The van der Waals surface area contributed by atoms with E-state index in [2.05, 4.69) is 0 Å². The number of ketones is 1. The van der Waals surface area contributed by atoms with Crippen LogP contribution in [0.5, 0.6) is 0 Å². The lowest BCUT2D eigenvalue weighted by Crippen LogP contribution is -2.30. The van der Waals surface area contributed by atoms with Crippen molar-refractivity contribution in [3.05, 3.63) is 65.2 Å². The van der Waals surface area contributed by atoms with Crippen LogP contribution < -0.4 is 5.73 Å². The van der Waals surface area contributed by atoms with Gasteiger partial charge >= 0.3 is 0 Å². The molecule has 2 nitrogen and oxygen atoms in total. The van der Waals surface area contributed by atoms with Crippen LogP contribution in [-0.4, -0.2) is 5.78 Å². The van der Waals surface area contributed by atoms with Crippen molar-refractivity contribution in [2.45, 2.75) is 32.6 Å². The highest BCUT2D eigenvalue weighted by atomic mass is 16.1. The lowest BCUT2D eigenvalue weighted by atomic mass is 9.78. The fraction of sp³-hybridized carbons (Fsp3) is 0.278. The number of nitrogens with two attached hydrogens (primary N) is 1. The second-order valence-electron chi connectivity index (χ2n) is 5.83. The lowest BCUT2D eigenvalue weighted by molar-refractivity contribution is -0.122.